The zero-order valence-electron chi connectivity index (χ0n) is 7.80. The van der Waals surface area contributed by atoms with E-state index in [-0.39, 0.29) is 0 Å². The van der Waals surface area contributed by atoms with Gasteiger partial charge in [-0.1, -0.05) is 19.9 Å². The molecule has 1 heteroatoms. The highest BCUT2D eigenvalue weighted by Crippen LogP contribution is 2.17. The van der Waals surface area contributed by atoms with Crippen LogP contribution in [0.2, 0.25) is 0 Å². The molecule has 0 aliphatic rings. The summed E-state index contributed by atoms with van der Waals surface area (Å²) in [5.74, 6) is 0. The fraction of sp³-hybridized carbons (Fsp3) is 0.364. The van der Waals surface area contributed by atoms with Crippen LogP contribution in [0.4, 0.5) is 0 Å². The van der Waals surface area contributed by atoms with Gasteiger partial charge in [0.25, 0.3) is 0 Å². The van der Waals surface area contributed by atoms with E-state index in [4.69, 9.17) is 0 Å². The van der Waals surface area contributed by atoms with Crippen LogP contribution in [0.1, 0.15) is 31.0 Å². The van der Waals surface area contributed by atoms with Crippen molar-refractivity contribution in [3.05, 3.63) is 36.2 Å². The lowest BCUT2D eigenvalue weighted by Crippen LogP contribution is -1.86. The Morgan fingerprint density at radius 3 is 2.92 bits per heavy atom. The molecule has 1 heterocycles. The Kier molecular flexibility index (Phi) is 3.03. The van der Waals surface area contributed by atoms with Gasteiger partial charge in [-0.25, -0.2) is 0 Å². The number of aromatic nitrogens is 1. The molecule has 0 aliphatic heterocycles. The average molecular weight is 161 g/mol. The lowest BCUT2D eigenvalue weighted by Gasteiger charge is -2.03. The SMILES string of the molecule is C=C(CCC)c1ccnc(C)c1. The minimum absolute atomic E-state index is 1.06. The Hall–Kier alpha value is -1.11. The van der Waals surface area contributed by atoms with Crippen LogP contribution in [-0.2, 0) is 0 Å². The van der Waals surface area contributed by atoms with E-state index >= 15 is 0 Å². The van der Waals surface area contributed by atoms with Gasteiger partial charge in [0.2, 0.25) is 0 Å². The van der Waals surface area contributed by atoms with Gasteiger partial charge in [-0.15, -0.1) is 0 Å². The Bertz CT molecular complexity index is 276. The Balaban J connectivity index is 2.81. The molecule has 1 nitrogen and oxygen atoms in total. The van der Waals surface area contributed by atoms with Gasteiger partial charge in [-0.05, 0) is 36.6 Å². The number of allylic oxidation sites excluding steroid dienone is 1. The molecule has 0 spiro atoms. The summed E-state index contributed by atoms with van der Waals surface area (Å²) < 4.78 is 0. The molecule has 0 radical (unpaired) electrons. The summed E-state index contributed by atoms with van der Waals surface area (Å²) in [6.45, 7) is 8.20. The molecule has 12 heavy (non-hydrogen) atoms. The van der Waals surface area contributed by atoms with Gasteiger partial charge in [0.05, 0.1) is 0 Å². The van der Waals surface area contributed by atoms with Crippen molar-refractivity contribution in [3.8, 4) is 0 Å². The molecule has 0 aromatic carbocycles. The molecule has 0 atom stereocenters. The molecular weight excluding hydrogens is 146 g/mol. The number of rotatable bonds is 3. The van der Waals surface area contributed by atoms with Crippen LogP contribution >= 0.6 is 0 Å². The van der Waals surface area contributed by atoms with Crippen molar-refractivity contribution in [1.82, 2.24) is 4.98 Å². The molecule has 0 bridgehead atoms. The van der Waals surface area contributed by atoms with Crippen molar-refractivity contribution in [2.45, 2.75) is 26.7 Å². The Morgan fingerprint density at radius 2 is 2.33 bits per heavy atom. The molecule has 0 saturated heterocycles. The molecule has 64 valence electrons. The monoisotopic (exact) mass is 161 g/mol. The van der Waals surface area contributed by atoms with E-state index < -0.39 is 0 Å². The fourth-order valence-corrected chi connectivity index (χ4v) is 1.21. The highest BCUT2D eigenvalue weighted by molar-refractivity contribution is 5.63. The second-order valence-electron chi connectivity index (χ2n) is 3.04. The van der Waals surface area contributed by atoms with Gasteiger partial charge in [-0.2, -0.15) is 0 Å². The van der Waals surface area contributed by atoms with Crippen LogP contribution in [0, 0.1) is 6.92 Å². The average Bonchev–Trinajstić information content (AvgIpc) is 2.05. The topological polar surface area (TPSA) is 12.9 Å². The fourth-order valence-electron chi connectivity index (χ4n) is 1.21. The number of nitrogens with zero attached hydrogens (tertiary/aromatic N) is 1. The van der Waals surface area contributed by atoms with Crippen LogP contribution in [0.3, 0.4) is 0 Å². The second kappa shape index (κ2) is 4.05. The number of hydrogen-bond acceptors (Lipinski definition) is 1. The highest BCUT2D eigenvalue weighted by Gasteiger charge is 1.97. The molecule has 1 aromatic heterocycles. The lowest BCUT2D eigenvalue weighted by molar-refractivity contribution is 0.973. The first-order valence-electron chi connectivity index (χ1n) is 4.35. The largest absolute Gasteiger partial charge is 0.262 e. The summed E-state index contributed by atoms with van der Waals surface area (Å²) in [6.07, 6.45) is 4.06. The molecule has 0 N–H and O–H groups in total. The summed E-state index contributed by atoms with van der Waals surface area (Å²) in [5.41, 5.74) is 3.50. The zero-order chi connectivity index (χ0) is 8.97. The van der Waals surface area contributed by atoms with Gasteiger partial charge in [0.15, 0.2) is 0 Å². The smallest absolute Gasteiger partial charge is 0.0378 e. The maximum Gasteiger partial charge on any atom is 0.0378 e. The van der Waals surface area contributed by atoms with E-state index in [1.165, 1.54) is 11.1 Å². The maximum absolute atomic E-state index is 4.14. The van der Waals surface area contributed by atoms with Gasteiger partial charge in [0, 0.05) is 11.9 Å². The van der Waals surface area contributed by atoms with Crippen LogP contribution in [0.15, 0.2) is 24.9 Å². The van der Waals surface area contributed by atoms with E-state index in [1.54, 1.807) is 0 Å². The normalized spacial score (nSPS) is 9.83. The third-order valence-corrected chi connectivity index (χ3v) is 1.86. The molecule has 0 amide bonds. The van der Waals surface area contributed by atoms with Crippen LogP contribution < -0.4 is 0 Å². The first-order valence-corrected chi connectivity index (χ1v) is 4.35. The van der Waals surface area contributed by atoms with Crippen molar-refractivity contribution >= 4 is 5.57 Å². The minimum atomic E-state index is 1.06. The summed E-state index contributed by atoms with van der Waals surface area (Å²) in [7, 11) is 0. The van der Waals surface area contributed by atoms with Gasteiger partial charge in [0.1, 0.15) is 0 Å². The van der Waals surface area contributed by atoms with Gasteiger partial charge >= 0.3 is 0 Å². The number of hydrogen-bond donors (Lipinski definition) is 0. The van der Waals surface area contributed by atoms with Crippen LogP contribution in [0.5, 0.6) is 0 Å². The first-order chi connectivity index (χ1) is 5.74. The Labute approximate surface area is 74.2 Å². The van der Waals surface area contributed by atoms with Crippen molar-refractivity contribution in [2.75, 3.05) is 0 Å². The van der Waals surface area contributed by atoms with E-state index in [2.05, 4.69) is 24.6 Å². The van der Waals surface area contributed by atoms with Crippen LogP contribution in [-0.4, -0.2) is 4.98 Å². The molecule has 0 saturated carbocycles. The van der Waals surface area contributed by atoms with Crippen molar-refractivity contribution < 1.29 is 0 Å². The lowest BCUT2D eigenvalue weighted by atomic mass is 10.0. The zero-order valence-corrected chi connectivity index (χ0v) is 7.80. The maximum atomic E-state index is 4.14. The summed E-state index contributed by atoms with van der Waals surface area (Å²) >= 11 is 0. The molecule has 1 rings (SSSR count). The van der Waals surface area contributed by atoms with E-state index in [9.17, 15) is 0 Å². The molecule has 0 fully saturated rings. The summed E-state index contributed by atoms with van der Waals surface area (Å²) in [4.78, 5) is 4.14. The first kappa shape index (κ1) is 8.98. The highest BCUT2D eigenvalue weighted by atomic mass is 14.6. The quantitative estimate of drug-likeness (QED) is 0.663. The van der Waals surface area contributed by atoms with Gasteiger partial charge in [-0.3, -0.25) is 4.98 Å². The third kappa shape index (κ3) is 2.19. The third-order valence-electron chi connectivity index (χ3n) is 1.86. The van der Waals surface area contributed by atoms with E-state index in [0.717, 1.165) is 18.5 Å². The predicted molar refractivity (Wildman–Crippen MR) is 52.9 cm³/mol. The molecule has 0 unspecified atom stereocenters. The summed E-state index contributed by atoms with van der Waals surface area (Å²) in [5, 5.41) is 0. The predicted octanol–water partition coefficient (Wildman–Crippen LogP) is 3.20. The van der Waals surface area contributed by atoms with Crippen molar-refractivity contribution in [2.24, 2.45) is 0 Å². The summed E-state index contributed by atoms with van der Waals surface area (Å²) in [6, 6.07) is 4.10. The van der Waals surface area contributed by atoms with Crippen molar-refractivity contribution in [1.29, 1.82) is 0 Å². The minimum Gasteiger partial charge on any atom is -0.262 e. The van der Waals surface area contributed by atoms with Gasteiger partial charge < -0.3 is 0 Å². The van der Waals surface area contributed by atoms with E-state index in [0.29, 0.717) is 0 Å². The standard InChI is InChI=1S/C11H15N/c1-4-5-9(2)11-6-7-12-10(3)8-11/h6-8H,2,4-5H2,1,3H3. The van der Waals surface area contributed by atoms with Crippen LogP contribution in [0.25, 0.3) is 5.57 Å². The number of aryl methyl sites for hydroxylation is 1. The molecule has 0 aliphatic carbocycles. The van der Waals surface area contributed by atoms with Crippen molar-refractivity contribution in [3.63, 3.8) is 0 Å². The Morgan fingerprint density at radius 1 is 1.58 bits per heavy atom. The van der Waals surface area contributed by atoms with E-state index in [1.807, 2.05) is 19.2 Å². The molecular formula is C11H15N. The number of pyridine rings is 1. The second-order valence-corrected chi connectivity index (χ2v) is 3.04. The molecule has 1 aromatic rings.